The van der Waals surface area contributed by atoms with E-state index in [4.69, 9.17) is 50.1 Å². The van der Waals surface area contributed by atoms with Crippen molar-refractivity contribution in [3.63, 3.8) is 0 Å². The van der Waals surface area contributed by atoms with Gasteiger partial charge in [-0.3, -0.25) is 5.41 Å². The molecule has 0 amide bonds. The van der Waals surface area contributed by atoms with Crippen LogP contribution >= 0.6 is 0 Å². The standard InChI is InChI=1S/C34H34FN5O3.2C2HF3O2/c1-4-41-26-18-29(33(35)31(19-26)42-22(2)3)40(24-16-14-23(15-17-24)34(36)37)21-32-38-20-28(39-32)27-12-8-9-13-30(27)43-25-10-6-5-7-11-25;2*3-2(4,5)1(6)7/h5-20,22H,4,21H2,1-3H3,(H3,36,37)(H,38,39);2*(H,6,7). The summed E-state index contributed by atoms with van der Waals surface area (Å²) >= 11 is 0. The van der Waals surface area contributed by atoms with Crippen molar-refractivity contribution in [2.45, 2.75) is 45.8 Å². The number of halogens is 7. The summed E-state index contributed by atoms with van der Waals surface area (Å²) in [6, 6.07) is 27.5. The lowest BCUT2D eigenvalue weighted by Gasteiger charge is -2.26. The third-order valence-corrected chi connectivity index (χ3v) is 7.01. The molecule has 5 aromatic rings. The molecule has 0 saturated heterocycles. The van der Waals surface area contributed by atoms with E-state index in [1.165, 1.54) is 0 Å². The number of nitrogens with zero attached hydrogens (tertiary/aromatic N) is 2. The number of aliphatic carboxylic acids is 2. The van der Waals surface area contributed by atoms with E-state index in [1.807, 2.05) is 75.4 Å². The summed E-state index contributed by atoms with van der Waals surface area (Å²) in [4.78, 5) is 27.7. The van der Waals surface area contributed by atoms with Crippen LogP contribution in [0.2, 0.25) is 0 Å². The van der Waals surface area contributed by atoms with Gasteiger partial charge in [0.1, 0.15) is 28.9 Å². The second kappa shape index (κ2) is 19.7. The number of nitrogen functional groups attached to an aromatic ring is 1. The molecule has 1 aromatic heterocycles. The number of para-hydroxylation sites is 2. The lowest BCUT2D eigenvalue weighted by Crippen LogP contribution is -2.21. The summed E-state index contributed by atoms with van der Waals surface area (Å²) in [6.45, 7) is 6.15. The van der Waals surface area contributed by atoms with Crippen LogP contribution in [0.3, 0.4) is 0 Å². The Bertz CT molecular complexity index is 2080. The molecular weight excluding hydrogens is 771 g/mol. The molecule has 19 heteroatoms. The topological polar surface area (TPSA) is 184 Å². The second-order valence-corrected chi connectivity index (χ2v) is 11.7. The molecule has 4 aromatic carbocycles. The molecule has 0 aliphatic carbocycles. The molecule has 5 rings (SSSR count). The lowest BCUT2D eigenvalue weighted by atomic mass is 10.1. The fourth-order valence-corrected chi connectivity index (χ4v) is 4.59. The minimum atomic E-state index is -5.08. The van der Waals surface area contributed by atoms with Crippen LogP contribution in [-0.4, -0.2) is 63.0 Å². The quantitative estimate of drug-likeness (QED) is 0.0463. The third kappa shape index (κ3) is 13.5. The fourth-order valence-electron chi connectivity index (χ4n) is 4.59. The molecule has 57 heavy (non-hydrogen) atoms. The number of aromatic amines is 1. The van der Waals surface area contributed by atoms with Crippen molar-refractivity contribution in [3.8, 4) is 34.3 Å². The summed E-state index contributed by atoms with van der Waals surface area (Å²) in [5.74, 6) is -3.55. The Balaban J connectivity index is 0.000000531. The minimum Gasteiger partial charge on any atom is -0.494 e. The average molecular weight is 808 g/mol. The van der Waals surface area contributed by atoms with E-state index < -0.39 is 30.1 Å². The number of carboxylic acid groups (broad SMARTS) is 2. The molecule has 0 aliphatic heterocycles. The summed E-state index contributed by atoms with van der Waals surface area (Å²) in [7, 11) is 0. The first-order valence-corrected chi connectivity index (χ1v) is 16.5. The predicted octanol–water partition coefficient (Wildman–Crippen LogP) is 9.08. The Hall–Kier alpha value is -6.79. The zero-order chi connectivity index (χ0) is 42.5. The van der Waals surface area contributed by atoms with E-state index in [0.29, 0.717) is 40.9 Å². The van der Waals surface area contributed by atoms with Gasteiger partial charge in [0.05, 0.1) is 30.6 Å². The van der Waals surface area contributed by atoms with Crippen molar-refractivity contribution in [2.75, 3.05) is 11.5 Å². The molecule has 0 bridgehead atoms. The maximum Gasteiger partial charge on any atom is 0.490 e. The lowest BCUT2D eigenvalue weighted by molar-refractivity contribution is -0.193. The van der Waals surface area contributed by atoms with Gasteiger partial charge in [-0.05, 0) is 69.3 Å². The highest BCUT2D eigenvalue weighted by Crippen LogP contribution is 2.39. The van der Waals surface area contributed by atoms with E-state index in [0.717, 1.165) is 11.3 Å². The Morgan fingerprint density at radius 3 is 1.95 bits per heavy atom. The zero-order valence-corrected chi connectivity index (χ0v) is 30.3. The third-order valence-electron chi connectivity index (χ3n) is 7.01. The van der Waals surface area contributed by atoms with Gasteiger partial charge in [-0.15, -0.1) is 0 Å². The molecular formula is C38H36F7N5O7. The van der Waals surface area contributed by atoms with E-state index in [2.05, 4.69) is 4.98 Å². The van der Waals surface area contributed by atoms with Gasteiger partial charge in [0.15, 0.2) is 11.6 Å². The van der Waals surface area contributed by atoms with Crippen molar-refractivity contribution in [3.05, 3.63) is 114 Å². The Kier molecular flexibility index (Phi) is 15.4. The van der Waals surface area contributed by atoms with Crippen molar-refractivity contribution < 1.29 is 64.7 Å². The van der Waals surface area contributed by atoms with E-state index in [1.54, 1.807) is 47.5 Å². The highest BCUT2D eigenvalue weighted by atomic mass is 19.4. The molecule has 0 spiro atoms. The first kappa shape index (κ1) is 44.6. The number of nitrogens with one attached hydrogen (secondary N) is 2. The second-order valence-electron chi connectivity index (χ2n) is 11.7. The van der Waals surface area contributed by atoms with Crippen LogP contribution in [0.25, 0.3) is 11.3 Å². The number of hydrogen-bond acceptors (Lipinski definition) is 8. The molecule has 0 fully saturated rings. The highest BCUT2D eigenvalue weighted by Gasteiger charge is 2.39. The number of ether oxygens (including phenoxy) is 3. The van der Waals surface area contributed by atoms with Crippen molar-refractivity contribution in [1.29, 1.82) is 5.41 Å². The van der Waals surface area contributed by atoms with Crippen LogP contribution in [0, 0.1) is 11.2 Å². The molecule has 12 nitrogen and oxygen atoms in total. The Labute approximate surface area is 320 Å². The predicted molar refractivity (Wildman–Crippen MR) is 195 cm³/mol. The van der Waals surface area contributed by atoms with Gasteiger partial charge >= 0.3 is 24.3 Å². The summed E-state index contributed by atoms with van der Waals surface area (Å²) in [5.41, 5.74) is 8.66. The average Bonchev–Trinajstić information content (AvgIpc) is 3.61. The molecule has 0 saturated carbocycles. The fraction of sp³-hybridized carbons (Fsp3) is 0.211. The van der Waals surface area contributed by atoms with Crippen LogP contribution in [0.5, 0.6) is 23.0 Å². The molecule has 6 N–H and O–H groups in total. The van der Waals surface area contributed by atoms with Gasteiger partial charge in [0.25, 0.3) is 0 Å². The number of H-pyrrole nitrogens is 1. The van der Waals surface area contributed by atoms with Crippen LogP contribution < -0.4 is 24.8 Å². The van der Waals surface area contributed by atoms with Crippen molar-refractivity contribution >= 4 is 29.1 Å². The van der Waals surface area contributed by atoms with Crippen LogP contribution in [0.15, 0.2) is 97.2 Å². The van der Waals surface area contributed by atoms with Gasteiger partial charge in [0, 0.05) is 35.1 Å². The van der Waals surface area contributed by atoms with E-state index >= 15 is 4.39 Å². The van der Waals surface area contributed by atoms with Gasteiger partial charge in [0.2, 0.25) is 0 Å². The van der Waals surface area contributed by atoms with Crippen LogP contribution in [-0.2, 0) is 16.1 Å². The zero-order valence-electron chi connectivity index (χ0n) is 30.3. The normalized spacial score (nSPS) is 11.0. The van der Waals surface area contributed by atoms with Gasteiger partial charge in [-0.2, -0.15) is 26.3 Å². The SMILES string of the molecule is CCOc1cc(OC(C)C)c(F)c(N(Cc2nc(-c3ccccc3Oc3ccccc3)c[nH]2)c2ccc(C(=N)N)cc2)c1.O=C(O)C(F)(F)F.O=C(O)C(F)(F)F. The van der Waals surface area contributed by atoms with Crippen LogP contribution in [0.1, 0.15) is 32.2 Å². The maximum atomic E-state index is 16.1. The smallest absolute Gasteiger partial charge is 0.490 e. The van der Waals surface area contributed by atoms with Crippen molar-refractivity contribution in [1.82, 2.24) is 9.97 Å². The molecule has 0 atom stereocenters. The first-order valence-electron chi connectivity index (χ1n) is 16.5. The number of nitrogens with two attached hydrogens (primary N) is 1. The number of hydrogen-bond donors (Lipinski definition) is 5. The molecule has 304 valence electrons. The van der Waals surface area contributed by atoms with E-state index in [-0.39, 0.29) is 29.9 Å². The number of anilines is 2. The minimum absolute atomic E-state index is 0.0534. The number of carboxylic acids is 2. The summed E-state index contributed by atoms with van der Waals surface area (Å²) in [5, 5.41) is 22.0. The number of amidine groups is 1. The monoisotopic (exact) mass is 807 g/mol. The number of rotatable bonds is 12. The highest BCUT2D eigenvalue weighted by molar-refractivity contribution is 5.95. The van der Waals surface area contributed by atoms with Gasteiger partial charge in [-0.1, -0.05) is 30.3 Å². The van der Waals surface area contributed by atoms with Crippen LogP contribution in [0.4, 0.5) is 42.1 Å². The maximum absolute atomic E-state index is 16.1. The number of benzene rings is 4. The Morgan fingerprint density at radius 2 is 1.42 bits per heavy atom. The largest absolute Gasteiger partial charge is 0.494 e. The number of aromatic nitrogens is 2. The number of carbonyl (C=O) groups is 2. The van der Waals surface area contributed by atoms with Crippen molar-refractivity contribution in [2.24, 2.45) is 5.73 Å². The molecule has 0 aliphatic rings. The first-order chi connectivity index (χ1) is 26.7. The van der Waals surface area contributed by atoms with Gasteiger partial charge in [-0.25, -0.2) is 19.0 Å². The Morgan fingerprint density at radius 1 is 0.860 bits per heavy atom. The van der Waals surface area contributed by atoms with E-state index in [9.17, 15) is 26.3 Å². The van der Waals surface area contributed by atoms with Gasteiger partial charge < -0.3 is 40.0 Å². The molecule has 0 radical (unpaired) electrons. The molecule has 1 heterocycles. The number of alkyl halides is 6. The molecule has 0 unspecified atom stereocenters. The summed E-state index contributed by atoms with van der Waals surface area (Å²) < 4.78 is 97.3. The number of imidazole rings is 1. The summed E-state index contributed by atoms with van der Waals surface area (Å²) in [6.07, 6.45) is -8.60.